The Morgan fingerprint density at radius 1 is 1.50 bits per heavy atom. The van der Waals surface area contributed by atoms with Gasteiger partial charge in [0.15, 0.2) is 23.3 Å². The van der Waals surface area contributed by atoms with E-state index in [2.05, 4.69) is 10.3 Å². The molecule has 0 amide bonds. The lowest BCUT2D eigenvalue weighted by molar-refractivity contribution is 0.0696. The van der Waals surface area contributed by atoms with Crippen LogP contribution in [-0.4, -0.2) is 22.2 Å². The fourth-order valence-corrected chi connectivity index (χ4v) is 1.00. The van der Waals surface area contributed by atoms with Gasteiger partial charge in [-0.15, -0.1) is 0 Å². The molecule has 0 aromatic carbocycles. The summed E-state index contributed by atoms with van der Waals surface area (Å²) in [5.41, 5.74) is 4.23. The highest BCUT2D eigenvalue weighted by molar-refractivity contribution is 5.45. The summed E-state index contributed by atoms with van der Waals surface area (Å²) in [4.78, 5) is 3.52. The SMILES string of the molecule is CCC(C)(O)CNc1nc(N)c(F)cc1F. The third-order valence-corrected chi connectivity index (χ3v) is 2.35. The Labute approximate surface area is 92.5 Å². The first-order chi connectivity index (χ1) is 7.35. The molecule has 0 fully saturated rings. The summed E-state index contributed by atoms with van der Waals surface area (Å²) >= 11 is 0. The number of nitrogens with zero attached hydrogens (tertiary/aromatic N) is 1. The van der Waals surface area contributed by atoms with Crippen molar-refractivity contribution in [1.82, 2.24) is 4.98 Å². The van der Waals surface area contributed by atoms with E-state index in [4.69, 9.17) is 5.73 Å². The molecule has 0 spiro atoms. The van der Waals surface area contributed by atoms with Crippen molar-refractivity contribution in [2.45, 2.75) is 25.9 Å². The van der Waals surface area contributed by atoms with Gasteiger partial charge in [-0.1, -0.05) is 6.92 Å². The molecule has 1 rings (SSSR count). The van der Waals surface area contributed by atoms with Crippen molar-refractivity contribution in [3.8, 4) is 0 Å². The summed E-state index contributed by atoms with van der Waals surface area (Å²) in [5.74, 6) is -2.27. The second-order valence-corrected chi connectivity index (χ2v) is 3.89. The highest BCUT2D eigenvalue weighted by Crippen LogP contribution is 2.18. The van der Waals surface area contributed by atoms with E-state index in [1.54, 1.807) is 13.8 Å². The van der Waals surface area contributed by atoms with Gasteiger partial charge in [-0.3, -0.25) is 0 Å². The standard InChI is InChI=1S/C10H15F2N3O/c1-3-10(2,16)5-14-9-7(12)4-6(11)8(13)15-9/h4,16H,3,5H2,1-2H3,(H3,13,14,15). The molecule has 1 heterocycles. The van der Waals surface area contributed by atoms with Crippen LogP contribution in [0.2, 0.25) is 0 Å². The van der Waals surface area contributed by atoms with Gasteiger partial charge in [-0.05, 0) is 13.3 Å². The number of halogens is 2. The first-order valence-electron chi connectivity index (χ1n) is 4.93. The maximum absolute atomic E-state index is 13.2. The minimum absolute atomic E-state index is 0.110. The summed E-state index contributed by atoms with van der Waals surface area (Å²) < 4.78 is 26.0. The molecule has 4 nitrogen and oxygen atoms in total. The van der Waals surface area contributed by atoms with Crippen molar-refractivity contribution >= 4 is 11.6 Å². The van der Waals surface area contributed by atoms with E-state index >= 15 is 0 Å². The Hall–Kier alpha value is -1.43. The van der Waals surface area contributed by atoms with E-state index in [-0.39, 0.29) is 18.2 Å². The van der Waals surface area contributed by atoms with Crippen molar-refractivity contribution in [2.24, 2.45) is 0 Å². The van der Waals surface area contributed by atoms with Gasteiger partial charge >= 0.3 is 0 Å². The quantitative estimate of drug-likeness (QED) is 0.734. The van der Waals surface area contributed by atoms with Crippen LogP contribution < -0.4 is 11.1 Å². The average molecular weight is 231 g/mol. The second-order valence-electron chi connectivity index (χ2n) is 3.89. The topological polar surface area (TPSA) is 71.2 Å². The largest absolute Gasteiger partial charge is 0.388 e. The van der Waals surface area contributed by atoms with Crippen molar-refractivity contribution < 1.29 is 13.9 Å². The van der Waals surface area contributed by atoms with Gasteiger partial charge in [-0.2, -0.15) is 0 Å². The molecule has 0 aliphatic heterocycles. The number of hydrogen-bond donors (Lipinski definition) is 3. The fraction of sp³-hybridized carbons (Fsp3) is 0.500. The van der Waals surface area contributed by atoms with Crippen LogP contribution in [0.15, 0.2) is 6.07 Å². The van der Waals surface area contributed by atoms with Crippen LogP contribution in [0.1, 0.15) is 20.3 Å². The van der Waals surface area contributed by atoms with E-state index in [1.807, 2.05) is 0 Å². The summed E-state index contributed by atoms with van der Waals surface area (Å²) in [7, 11) is 0. The van der Waals surface area contributed by atoms with Gasteiger partial charge in [0.25, 0.3) is 0 Å². The highest BCUT2D eigenvalue weighted by atomic mass is 19.1. The summed E-state index contributed by atoms with van der Waals surface area (Å²) in [6, 6.07) is 0.658. The molecule has 6 heteroatoms. The maximum Gasteiger partial charge on any atom is 0.168 e. The van der Waals surface area contributed by atoms with Gasteiger partial charge in [0.1, 0.15) is 0 Å². The molecule has 0 aliphatic carbocycles. The smallest absolute Gasteiger partial charge is 0.168 e. The molecule has 90 valence electrons. The molecule has 1 aromatic rings. The van der Waals surface area contributed by atoms with Crippen LogP contribution >= 0.6 is 0 Å². The number of nitrogens with two attached hydrogens (primary N) is 1. The minimum Gasteiger partial charge on any atom is -0.388 e. The Kier molecular flexibility index (Phi) is 3.64. The molecule has 1 atom stereocenters. The molecule has 0 bridgehead atoms. The van der Waals surface area contributed by atoms with E-state index < -0.39 is 17.2 Å². The molecule has 16 heavy (non-hydrogen) atoms. The normalized spacial score (nSPS) is 14.6. The second kappa shape index (κ2) is 4.61. The maximum atomic E-state index is 13.2. The zero-order valence-electron chi connectivity index (χ0n) is 9.22. The third kappa shape index (κ3) is 3.03. The Morgan fingerprint density at radius 3 is 2.69 bits per heavy atom. The predicted octanol–water partition coefficient (Wildman–Crippen LogP) is 1.51. The van der Waals surface area contributed by atoms with E-state index in [1.165, 1.54) is 0 Å². The molecule has 1 aromatic heterocycles. The Balaban J connectivity index is 2.79. The molecule has 1 unspecified atom stereocenters. The molecule has 0 saturated carbocycles. The Bertz CT molecular complexity index is 383. The van der Waals surface area contributed by atoms with Crippen LogP contribution in [0, 0.1) is 11.6 Å². The molecule has 0 aliphatic rings. The fourth-order valence-electron chi connectivity index (χ4n) is 1.00. The molecule has 0 saturated heterocycles. The van der Waals surface area contributed by atoms with Gasteiger partial charge < -0.3 is 16.2 Å². The number of pyridine rings is 1. The van der Waals surface area contributed by atoms with Crippen molar-refractivity contribution in [2.75, 3.05) is 17.6 Å². The van der Waals surface area contributed by atoms with Gasteiger partial charge in [-0.25, -0.2) is 13.8 Å². The van der Waals surface area contributed by atoms with Crippen LogP contribution in [-0.2, 0) is 0 Å². The van der Waals surface area contributed by atoms with Gasteiger partial charge in [0.2, 0.25) is 0 Å². The van der Waals surface area contributed by atoms with Crippen molar-refractivity contribution in [3.63, 3.8) is 0 Å². The van der Waals surface area contributed by atoms with Crippen molar-refractivity contribution in [3.05, 3.63) is 17.7 Å². The highest BCUT2D eigenvalue weighted by Gasteiger charge is 2.18. The van der Waals surface area contributed by atoms with Gasteiger partial charge in [0.05, 0.1) is 5.60 Å². The van der Waals surface area contributed by atoms with Crippen LogP contribution in [0.4, 0.5) is 20.4 Å². The van der Waals surface area contributed by atoms with Crippen LogP contribution in [0.5, 0.6) is 0 Å². The number of rotatable bonds is 4. The third-order valence-electron chi connectivity index (χ3n) is 2.35. The number of nitrogen functional groups attached to an aromatic ring is 1. The number of aliphatic hydroxyl groups is 1. The summed E-state index contributed by atoms with van der Waals surface area (Å²) in [6.07, 6.45) is 0.498. The molecular weight excluding hydrogens is 216 g/mol. The first-order valence-corrected chi connectivity index (χ1v) is 4.93. The van der Waals surface area contributed by atoms with Crippen LogP contribution in [0.3, 0.4) is 0 Å². The summed E-state index contributed by atoms with van der Waals surface area (Å²) in [6.45, 7) is 3.51. The number of hydrogen-bond acceptors (Lipinski definition) is 4. The average Bonchev–Trinajstić information content (AvgIpc) is 2.22. The lowest BCUT2D eigenvalue weighted by Gasteiger charge is -2.22. The number of nitrogens with one attached hydrogen (secondary N) is 1. The lowest BCUT2D eigenvalue weighted by Crippen LogP contribution is -2.33. The minimum atomic E-state index is -0.975. The molecular formula is C10H15F2N3O. The lowest BCUT2D eigenvalue weighted by atomic mass is 10.0. The van der Waals surface area contributed by atoms with E-state index in [0.717, 1.165) is 0 Å². The molecule has 0 radical (unpaired) electrons. The van der Waals surface area contributed by atoms with E-state index in [0.29, 0.717) is 12.5 Å². The zero-order chi connectivity index (χ0) is 12.3. The van der Waals surface area contributed by atoms with Gasteiger partial charge in [0, 0.05) is 12.6 Å². The molecule has 4 N–H and O–H groups in total. The number of aromatic nitrogens is 1. The Morgan fingerprint density at radius 2 is 2.12 bits per heavy atom. The predicted molar refractivity (Wildman–Crippen MR) is 58.0 cm³/mol. The zero-order valence-corrected chi connectivity index (χ0v) is 9.22. The summed E-state index contributed by atoms with van der Waals surface area (Å²) in [5, 5.41) is 12.3. The van der Waals surface area contributed by atoms with Crippen molar-refractivity contribution in [1.29, 1.82) is 0 Å². The van der Waals surface area contributed by atoms with Crippen LogP contribution in [0.25, 0.3) is 0 Å². The number of anilines is 2. The van der Waals surface area contributed by atoms with E-state index in [9.17, 15) is 13.9 Å². The monoisotopic (exact) mass is 231 g/mol. The first kappa shape index (κ1) is 12.6.